The lowest BCUT2D eigenvalue weighted by Gasteiger charge is -2.53. The monoisotopic (exact) mass is 771 g/mol. The van der Waals surface area contributed by atoms with Gasteiger partial charge in [-0.05, 0) is 101 Å². The van der Waals surface area contributed by atoms with Crippen molar-refractivity contribution in [2.24, 2.45) is 11.8 Å². The lowest BCUT2D eigenvalue weighted by molar-refractivity contribution is -0.124. The molecule has 6 aromatic rings. The van der Waals surface area contributed by atoms with Crippen LogP contribution < -0.4 is 19.1 Å². The first-order valence-electron chi connectivity index (χ1n) is 19.8. The Balaban J connectivity index is 0.936. The minimum absolute atomic E-state index is 0.0657. The van der Waals surface area contributed by atoms with Crippen molar-refractivity contribution >= 4 is 17.5 Å². The van der Waals surface area contributed by atoms with Crippen LogP contribution in [0.5, 0.6) is 23.0 Å². The first kappa shape index (κ1) is 37.2. The number of hydrogen-bond acceptors (Lipinski definition) is 7. The van der Waals surface area contributed by atoms with Crippen molar-refractivity contribution in [3.8, 4) is 23.0 Å². The van der Waals surface area contributed by atoms with E-state index in [1.54, 1.807) is 12.1 Å². The van der Waals surface area contributed by atoms with Crippen LogP contribution >= 0.6 is 0 Å². The highest BCUT2D eigenvalue weighted by Crippen LogP contribution is 2.64. The SMILES string of the molecule is Cc1ccc(OCC(O)COc2ccc(C(C)(C)c3ccc(OCC45c6ccccc6C(c6ccccc64)C4C(=O)N(c6ccc(O)cc6)C(=O)C45)cc3)cc2)cc1. The number of phenolic OH excluding ortho intramolecular Hbond substituents is 1. The molecule has 8 heteroatoms. The summed E-state index contributed by atoms with van der Waals surface area (Å²) in [5.74, 6) is 0.0653. The number of phenols is 1. The maximum Gasteiger partial charge on any atom is 0.239 e. The largest absolute Gasteiger partial charge is 0.508 e. The summed E-state index contributed by atoms with van der Waals surface area (Å²) in [6, 6.07) is 46.3. The molecule has 3 atom stereocenters. The van der Waals surface area contributed by atoms with Gasteiger partial charge in [-0.15, -0.1) is 0 Å². The molecule has 2 N–H and O–H groups in total. The summed E-state index contributed by atoms with van der Waals surface area (Å²) in [4.78, 5) is 30.4. The quantitative estimate of drug-likeness (QED) is 0.120. The van der Waals surface area contributed by atoms with E-state index in [1.165, 1.54) is 17.0 Å². The van der Waals surface area contributed by atoms with Gasteiger partial charge in [-0.25, -0.2) is 4.90 Å². The fraction of sp³-hybridized carbons (Fsp3) is 0.240. The number of hydrogen-bond donors (Lipinski definition) is 2. The first-order chi connectivity index (χ1) is 28.1. The van der Waals surface area contributed by atoms with Gasteiger partial charge in [0.1, 0.15) is 48.9 Å². The Labute approximate surface area is 338 Å². The molecule has 10 rings (SSSR count). The molecule has 0 spiro atoms. The van der Waals surface area contributed by atoms with E-state index in [2.05, 4.69) is 50.2 Å². The second kappa shape index (κ2) is 14.5. The zero-order valence-electron chi connectivity index (χ0n) is 32.7. The average Bonchev–Trinajstić information content (AvgIpc) is 3.52. The Bertz CT molecular complexity index is 2430. The van der Waals surface area contributed by atoms with Gasteiger partial charge in [0.2, 0.25) is 11.8 Å². The van der Waals surface area contributed by atoms with Gasteiger partial charge in [0.15, 0.2) is 0 Å². The second-order valence-corrected chi connectivity index (χ2v) is 16.2. The maximum absolute atomic E-state index is 14.7. The van der Waals surface area contributed by atoms with Gasteiger partial charge in [0.25, 0.3) is 0 Å². The van der Waals surface area contributed by atoms with Crippen molar-refractivity contribution < 1.29 is 34.0 Å². The van der Waals surface area contributed by atoms with Crippen LogP contribution in [-0.2, 0) is 20.4 Å². The minimum atomic E-state index is -0.920. The molecule has 6 aromatic carbocycles. The summed E-state index contributed by atoms with van der Waals surface area (Å²) in [7, 11) is 0. The number of nitrogens with zero attached hydrogens (tertiary/aromatic N) is 1. The van der Waals surface area contributed by atoms with Gasteiger partial charge in [0, 0.05) is 11.3 Å². The molecule has 8 nitrogen and oxygen atoms in total. The molecular formula is C50H45NO7. The fourth-order valence-corrected chi connectivity index (χ4v) is 9.40. The highest BCUT2D eigenvalue weighted by molar-refractivity contribution is 6.23. The highest BCUT2D eigenvalue weighted by atomic mass is 16.5. The smallest absolute Gasteiger partial charge is 0.239 e. The molecule has 3 aliphatic carbocycles. The number of rotatable bonds is 12. The summed E-state index contributed by atoms with van der Waals surface area (Å²) in [5.41, 5.74) is 6.65. The molecule has 0 radical (unpaired) electrons. The van der Waals surface area contributed by atoms with E-state index in [9.17, 15) is 19.8 Å². The van der Waals surface area contributed by atoms with E-state index in [-0.39, 0.29) is 48.7 Å². The average molecular weight is 772 g/mol. The molecule has 4 aliphatic rings. The second-order valence-electron chi connectivity index (χ2n) is 16.2. The number of anilines is 1. The number of aryl methyl sites for hydroxylation is 1. The molecular weight excluding hydrogens is 727 g/mol. The van der Waals surface area contributed by atoms with Crippen LogP contribution in [-0.4, -0.2) is 48.0 Å². The summed E-state index contributed by atoms with van der Waals surface area (Å²) in [6.45, 7) is 6.75. The van der Waals surface area contributed by atoms with Gasteiger partial charge in [-0.1, -0.05) is 104 Å². The molecule has 292 valence electrons. The number of imide groups is 1. The maximum atomic E-state index is 14.7. The fourth-order valence-electron chi connectivity index (χ4n) is 9.40. The standard InChI is InChI=1S/C50H45NO7/c1-31-12-22-37(23-13-31)56-28-36(53)29-57-38-24-14-32(15-25-38)49(2,3)33-16-26-39(27-17-33)58-30-50-42-10-6-4-8-40(42)44(41-9-5-7-11-43(41)50)45-46(50)48(55)51(47(45)54)34-18-20-35(52)21-19-34/h4-27,36,44-46,52-53H,28-30H2,1-3H3. The van der Waals surface area contributed by atoms with E-state index < -0.39 is 23.4 Å². The van der Waals surface area contributed by atoms with Crippen LogP contribution in [0, 0.1) is 18.8 Å². The summed E-state index contributed by atoms with van der Waals surface area (Å²) < 4.78 is 18.3. The van der Waals surface area contributed by atoms with Crippen molar-refractivity contribution in [3.05, 3.63) is 185 Å². The van der Waals surface area contributed by atoms with Crippen molar-refractivity contribution in [2.75, 3.05) is 24.7 Å². The van der Waals surface area contributed by atoms with Crippen LogP contribution in [0.1, 0.15) is 58.7 Å². The molecule has 1 aliphatic heterocycles. The summed E-state index contributed by atoms with van der Waals surface area (Å²) in [5, 5.41) is 20.4. The topological polar surface area (TPSA) is 106 Å². The zero-order valence-corrected chi connectivity index (χ0v) is 32.7. The van der Waals surface area contributed by atoms with Crippen molar-refractivity contribution in [2.45, 2.75) is 43.6 Å². The Morgan fingerprint density at radius 1 is 0.638 bits per heavy atom. The van der Waals surface area contributed by atoms with Gasteiger partial charge in [0.05, 0.1) is 22.9 Å². The molecule has 58 heavy (non-hydrogen) atoms. The van der Waals surface area contributed by atoms with Crippen molar-refractivity contribution in [3.63, 3.8) is 0 Å². The van der Waals surface area contributed by atoms with E-state index in [4.69, 9.17) is 14.2 Å². The van der Waals surface area contributed by atoms with Crippen molar-refractivity contribution in [1.29, 1.82) is 0 Å². The molecule has 1 fully saturated rings. The van der Waals surface area contributed by atoms with Crippen molar-refractivity contribution in [1.82, 2.24) is 0 Å². The number of carbonyl (C=O) groups excluding carboxylic acids is 2. The molecule has 0 saturated carbocycles. The number of aliphatic hydroxyl groups excluding tert-OH is 1. The molecule has 3 unspecified atom stereocenters. The highest BCUT2D eigenvalue weighted by Gasteiger charge is 2.68. The van der Waals surface area contributed by atoms with Gasteiger partial charge < -0.3 is 24.4 Å². The number of benzene rings is 6. The molecule has 1 heterocycles. The van der Waals surface area contributed by atoms with E-state index in [0.717, 1.165) is 38.9 Å². The molecule has 0 aromatic heterocycles. The van der Waals surface area contributed by atoms with Crippen LogP contribution in [0.4, 0.5) is 5.69 Å². The summed E-state index contributed by atoms with van der Waals surface area (Å²) >= 11 is 0. The predicted octanol–water partition coefficient (Wildman–Crippen LogP) is 8.48. The Kier molecular flexibility index (Phi) is 9.32. The number of aliphatic hydroxyl groups is 1. The van der Waals surface area contributed by atoms with E-state index in [1.807, 2.05) is 91.9 Å². The lowest BCUT2D eigenvalue weighted by Crippen LogP contribution is -2.56. The third-order valence-electron chi connectivity index (χ3n) is 12.4. The Morgan fingerprint density at radius 2 is 1.12 bits per heavy atom. The van der Waals surface area contributed by atoms with Gasteiger partial charge in [-0.3, -0.25) is 9.59 Å². The number of aromatic hydroxyl groups is 1. The molecule has 1 saturated heterocycles. The predicted molar refractivity (Wildman–Crippen MR) is 222 cm³/mol. The van der Waals surface area contributed by atoms with Crippen LogP contribution in [0.3, 0.4) is 0 Å². The Hall–Kier alpha value is -6.38. The number of ether oxygens (including phenoxy) is 3. The number of amides is 2. The number of carbonyl (C=O) groups is 2. The molecule has 2 amide bonds. The van der Waals surface area contributed by atoms with E-state index in [0.29, 0.717) is 22.9 Å². The summed E-state index contributed by atoms with van der Waals surface area (Å²) in [6.07, 6.45) is -0.779. The van der Waals surface area contributed by atoms with E-state index >= 15 is 0 Å². The van der Waals surface area contributed by atoms with Gasteiger partial charge >= 0.3 is 0 Å². The Morgan fingerprint density at radius 3 is 1.66 bits per heavy atom. The van der Waals surface area contributed by atoms with Crippen LogP contribution in [0.2, 0.25) is 0 Å². The third-order valence-corrected chi connectivity index (χ3v) is 12.4. The normalized spacial score (nSPS) is 20.9. The van der Waals surface area contributed by atoms with Crippen LogP contribution in [0.15, 0.2) is 146 Å². The van der Waals surface area contributed by atoms with Gasteiger partial charge in [-0.2, -0.15) is 0 Å². The first-order valence-corrected chi connectivity index (χ1v) is 19.8. The zero-order chi connectivity index (χ0) is 40.2. The third kappa shape index (κ3) is 6.19. The molecule has 2 bridgehead atoms. The minimum Gasteiger partial charge on any atom is -0.508 e. The lowest BCUT2D eigenvalue weighted by atomic mass is 9.47. The van der Waals surface area contributed by atoms with Crippen LogP contribution in [0.25, 0.3) is 0 Å².